The Morgan fingerprint density at radius 1 is 1.15 bits per heavy atom. The minimum atomic E-state index is -0.238. The Bertz CT molecular complexity index is 768. The fourth-order valence-corrected chi connectivity index (χ4v) is 4.03. The van der Waals surface area contributed by atoms with Gasteiger partial charge >= 0.3 is 0 Å². The Morgan fingerprint density at radius 2 is 1.93 bits per heavy atom. The second-order valence-corrected chi connectivity index (χ2v) is 7.63. The quantitative estimate of drug-likeness (QED) is 0.810. The number of likely N-dealkylation sites (tertiary alicyclic amines) is 2. The highest BCUT2D eigenvalue weighted by Gasteiger charge is 2.29. The molecule has 6 heteroatoms. The van der Waals surface area contributed by atoms with E-state index in [0.29, 0.717) is 25.4 Å². The van der Waals surface area contributed by atoms with Crippen LogP contribution in [0.15, 0.2) is 34.9 Å². The van der Waals surface area contributed by atoms with E-state index >= 15 is 0 Å². The Morgan fingerprint density at radius 3 is 2.70 bits per heavy atom. The Balaban J connectivity index is 1.36. The molecule has 0 radical (unpaired) electrons. The van der Waals surface area contributed by atoms with Gasteiger partial charge in [0.2, 0.25) is 5.91 Å². The van der Waals surface area contributed by atoms with Crippen molar-refractivity contribution in [3.8, 4) is 0 Å². The van der Waals surface area contributed by atoms with Crippen LogP contribution in [-0.2, 0) is 11.2 Å². The summed E-state index contributed by atoms with van der Waals surface area (Å²) in [5.41, 5.74) is 0.991. The molecule has 0 aliphatic carbocycles. The molecule has 2 aliphatic heterocycles. The van der Waals surface area contributed by atoms with Crippen LogP contribution < -0.4 is 0 Å². The van der Waals surface area contributed by atoms with Crippen LogP contribution in [0, 0.1) is 5.82 Å². The lowest BCUT2D eigenvalue weighted by Gasteiger charge is -2.32. The van der Waals surface area contributed by atoms with E-state index in [4.69, 9.17) is 4.42 Å². The summed E-state index contributed by atoms with van der Waals surface area (Å²) in [6.07, 6.45) is 6.71. The number of benzene rings is 1. The Hall–Kier alpha value is -2.21. The summed E-state index contributed by atoms with van der Waals surface area (Å²) in [6.45, 7) is 4.12. The van der Waals surface area contributed by atoms with Crippen molar-refractivity contribution in [2.45, 2.75) is 38.0 Å². The second kappa shape index (κ2) is 8.21. The summed E-state index contributed by atoms with van der Waals surface area (Å²) < 4.78 is 19.0. The zero-order chi connectivity index (χ0) is 18.6. The third-order valence-corrected chi connectivity index (χ3v) is 5.54. The summed E-state index contributed by atoms with van der Waals surface area (Å²) in [5.74, 6) is 1.63. The minimum absolute atomic E-state index is 0.156. The van der Waals surface area contributed by atoms with Crippen molar-refractivity contribution in [1.82, 2.24) is 14.8 Å². The van der Waals surface area contributed by atoms with Crippen LogP contribution in [0.25, 0.3) is 0 Å². The molecule has 1 atom stereocenters. The molecule has 144 valence electrons. The molecule has 2 aromatic rings. The summed E-state index contributed by atoms with van der Waals surface area (Å²) in [6, 6.07) is 6.43. The molecular formula is C21H26FN3O2. The molecule has 0 saturated carbocycles. The van der Waals surface area contributed by atoms with Gasteiger partial charge in [0.1, 0.15) is 11.6 Å². The molecule has 2 aliphatic rings. The van der Waals surface area contributed by atoms with Crippen LogP contribution in [-0.4, -0.2) is 53.4 Å². The van der Waals surface area contributed by atoms with Gasteiger partial charge in [-0.15, -0.1) is 0 Å². The van der Waals surface area contributed by atoms with E-state index < -0.39 is 0 Å². The van der Waals surface area contributed by atoms with Crippen molar-refractivity contribution in [2.24, 2.45) is 0 Å². The van der Waals surface area contributed by atoms with E-state index in [1.54, 1.807) is 18.3 Å². The second-order valence-electron chi connectivity index (χ2n) is 7.63. The first-order valence-corrected chi connectivity index (χ1v) is 9.86. The molecule has 2 fully saturated rings. The molecule has 1 aromatic heterocycles. The number of halogens is 1. The Labute approximate surface area is 159 Å². The van der Waals surface area contributed by atoms with Crippen molar-refractivity contribution in [2.75, 3.05) is 32.7 Å². The summed E-state index contributed by atoms with van der Waals surface area (Å²) in [4.78, 5) is 21.3. The first-order valence-electron chi connectivity index (χ1n) is 9.86. The maximum atomic E-state index is 13.0. The number of carbonyl (C=O) groups is 1. The molecule has 0 N–H and O–H groups in total. The first-order chi connectivity index (χ1) is 13.2. The van der Waals surface area contributed by atoms with Crippen LogP contribution >= 0.6 is 0 Å². The molecule has 4 rings (SSSR count). The number of hydrogen-bond acceptors (Lipinski definition) is 4. The summed E-state index contributed by atoms with van der Waals surface area (Å²) in [7, 11) is 0. The average molecular weight is 371 g/mol. The van der Waals surface area contributed by atoms with Gasteiger partial charge in [0.25, 0.3) is 0 Å². The molecular weight excluding hydrogens is 345 g/mol. The number of piperidine rings is 1. The topological polar surface area (TPSA) is 49.6 Å². The number of carbonyl (C=O) groups excluding carboxylic acids is 1. The highest BCUT2D eigenvalue weighted by molar-refractivity contribution is 5.78. The normalized spacial score (nSPS) is 20.9. The SMILES string of the molecule is O=C(CN1CCCC1)N1CCCC(c2ncc(Cc3ccc(F)cc3)o2)C1. The van der Waals surface area contributed by atoms with Gasteiger partial charge in [-0.05, 0) is 56.5 Å². The van der Waals surface area contributed by atoms with Crippen molar-refractivity contribution in [3.05, 3.63) is 53.5 Å². The van der Waals surface area contributed by atoms with Gasteiger partial charge in [-0.3, -0.25) is 9.69 Å². The lowest BCUT2D eigenvalue weighted by Crippen LogP contribution is -2.44. The van der Waals surface area contributed by atoms with Gasteiger partial charge in [-0.2, -0.15) is 0 Å². The van der Waals surface area contributed by atoms with E-state index in [9.17, 15) is 9.18 Å². The highest BCUT2D eigenvalue weighted by Crippen LogP contribution is 2.27. The zero-order valence-corrected chi connectivity index (χ0v) is 15.6. The third-order valence-electron chi connectivity index (χ3n) is 5.54. The highest BCUT2D eigenvalue weighted by atomic mass is 19.1. The average Bonchev–Trinajstić information content (AvgIpc) is 3.36. The fourth-order valence-electron chi connectivity index (χ4n) is 4.03. The molecule has 1 amide bonds. The van der Waals surface area contributed by atoms with Crippen LogP contribution in [0.1, 0.15) is 48.8 Å². The molecule has 3 heterocycles. The van der Waals surface area contributed by atoms with Crippen molar-refractivity contribution < 1.29 is 13.6 Å². The van der Waals surface area contributed by atoms with Crippen LogP contribution in [0.3, 0.4) is 0 Å². The number of hydrogen-bond donors (Lipinski definition) is 0. The number of aromatic nitrogens is 1. The predicted molar refractivity (Wildman–Crippen MR) is 99.9 cm³/mol. The summed E-state index contributed by atoms with van der Waals surface area (Å²) >= 11 is 0. The van der Waals surface area contributed by atoms with E-state index in [-0.39, 0.29) is 17.6 Å². The van der Waals surface area contributed by atoms with Gasteiger partial charge < -0.3 is 9.32 Å². The number of oxazole rings is 1. The smallest absolute Gasteiger partial charge is 0.236 e. The fraction of sp³-hybridized carbons (Fsp3) is 0.524. The zero-order valence-electron chi connectivity index (χ0n) is 15.6. The molecule has 27 heavy (non-hydrogen) atoms. The number of rotatable bonds is 5. The molecule has 2 saturated heterocycles. The largest absolute Gasteiger partial charge is 0.445 e. The lowest BCUT2D eigenvalue weighted by atomic mass is 9.98. The van der Waals surface area contributed by atoms with E-state index in [2.05, 4.69) is 9.88 Å². The molecule has 1 aromatic carbocycles. The van der Waals surface area contributed by atoms with Crippen LogP contribution in [0.5, 0.6) is 0 Å². The van der Waals surface area contributed by atoms with Gasteiger partial charge in [-0.25, -0.2) is 9.37 Å². The summed E-state index contributed by atoms with van der Waals surface area (Å²) in [5, 5.41) is 0. The standard InChI is InChI=1S/C21H26FN3O2/c22-18-7-5-16(6-8-18)12-19-13-23-21(27-19)17-4-3-11-25(14-17)20(26)15-24-9-1-2-10-24/h5-8,13,17H,1-4,9-12,14-15H2. The first kappa shape index (κ1) is 18.2. The van der Waals surface area contributed by atoms with Gasteiger partial charge in [-0.1, -0.05) is 12.1 Å². The van der Waals surface area contributed by atoms with Gasteiger partial charge in [0.05, 0.1) is 18.7 Å². The monoisotopic (exact) mass is 371 g/mol. The number of amides is 1. The lowest BCUT2D eigenvalue weighted by molar-refractivity contribution is -0.133. The van der Waals surface area contributed by atoms with Gasteiger partial charge in [0, 0.05) is 19.5 Å². The van der Waals surface area contributed by atoms with E-state index in [1.165, 1.54) is 25.0 Å². The number of nitrogens with zero attached hydrogens (tertiary/aromatic N) is 3. The van der Waals surface area contributed by atoms with Crippen molar-refractivity contribution in [3.63, 3.8) is 0 Å². The Kier molecular flexibility index (Phi) is 5.53. The van der Waals surface area contributed by atoms with Gasteiger partial charge in [0.15, 0.2) is 5.89 Å². The third kappa shape index (κ3) is 4.56. The van der Waals surface area contributed by atoms with Crippen molar-refractivity contribution >= 4 is 5.91 Å². The maximum absolute atomic E-state index is 13.0. The van der Waals surface area contributed by atoms with Crippen LogP contribution in [0.2, 0.25) is 0 Å². The molecule has 5 nitrogen and oxygen atoms in total. The van der Waals surface area contributed by atoms with E-state index in [0.717, 1.165) is 43.8 Å². The van der Waals surface area contributed by atoms with Crippen LogP contribution in [0.4, 0.5) is 4.39 Å². The molecule has 0 spiro atoms. The minimum Gasteiger partial charge on any atom is -0.445 e. The van der Waals surface area contributed by atoms with Crippen molar-refractivity contribution in [1.29, 1.82) is 0 Å². The molecule has 0 bridgehead atoms. The predicted octanol–water partition coefficient (Wildman–Crippen LogP) is 3.21. The maximum Gasteiger partial charge on any atom is 0.236 e. The molecule has 1 unspecified atom stereocenters. The van der Waals surface area contributed by atoms with E-state index in [1.807, 2.05) is 4.90 Å².